The molecule has 1 amide bonds. The van der Waals surface area contributed by atoms with Gasteiger partial charge in [-0.05, 0) is 26.0 Å². The summed E-state index contributed by atoms with van der Waals surface area (Å²) in [6.45, 7) is 4.29. The van der Waals surface area contributed by atoms with Crippen molar-refractivity contribution in [2.24, 2.45) is 0 Å². The third-order valence-corrected chi connectivity index (χ3v) is 2.00. The molecule has 0 aliphatic rings. The molecule has 0 aliphatic heterocycles. The van der Waals surface area contributed by atoms with Crippen molar-refractivity contribution >= 4 is 5.91 Å². The van der Waals surface area contributed by atoms with E-state index in [-0.39, 0.29) is 23.0 Å². The summed E-state index contributed by atoms with van der Waals surface area (Å²) in [6.07, 6.45) is 1.87. The molecule has 4 nitrogen and oxygen atoms in total. The topological polar surface area (TPSA) is 69.6 Å². The first-order valence-electron chi connectivity index (χ1n) is 4.94. The zero-order chi connectivity index (χ0) is 12.1. The van der Waals surface area contributed by atoms with Crippen LogP contribution in [0.25, 0.3) is 0 Å². The maximum Gasteiger partial charge on any atom is 0.255 e. The standard InChI is InChI=1S/C12H15NO3/c1-8(2)5-6-13-12(16)10-4-3-9(14)7-11(10)15/h3-5,7,14-15H,6H2,1-2H3,(H,13,16). The van der Waals surface area contributed by atoms with Crippen LogP contribution >= 0.6 is 0 Å². The molecule has 1 aromatic carbocycles. The van der Waals surface area contributed by atoms with Crippen LogP contribution in [0.2, 0.25) is 0 Å². The van der Waals surface area contributed by atoms with Gasteiger partial charge < -0.3 is 15.5 Å². The number of carbonyl (C=O) groups excluding carboxylic acids is 1. The van der Waals surface area contributed by atoms with Gasteiger partial charge in [-0.1, -0.05) is 11.6 Å². The highest BCUT2D eigenvalue weighted by Crippen LogP contribution is 2.22. The van der Waals surface area contributed by atoms with Crippen LogP contribution in [0.1, 0.15) is 24.2 Å². The van der Waals surface area contributed by atoms with Gasteiger partial charge in [0.1, 0.15) is 11.5 Å². The van der Waals surface area contributed by atoms with Crippen molar-refractivity contribution in [2.45, 2.75) is 13.8 Å². The summed E-state index contributed by atoms with van der Waals surface area (Å²) in [7, 11) is 0. The van der Waals surface area contributed by atoms with Gasteiger partial charge in [0.15, 0.2) is 0 Å². The van der Waals surface area contributed by atoms with Crippen molar-refractivity contribution in [3.8, 4) is 11.5 Å². The van der Waals surface area contributed by atoms with Crippen LogP contribution in [0.5, 0.6) is 11.5 Å². The van der Waals surface area contributed by atoms with E-state index in [9.17, 15) is 9.90 Å². The molecule has 0 heterocycles. The van der Waals surface area contributed by atoms with Crippen molar-refractivity contribution in [3.63, 3.8) is 0 Å². The first kappa shape index (κ1) is 12.1. The van der Waals surface area contributed by atoms with Gasteiger partial charge in [0, 0.05) is 12.6 Å². The lowest BCUT2D eigenvalue weighted by Gasteiger charge is -2.05. The summed E-state index contributed by atoms with van der Waals surface area (Å²) >= 11 is 0. The molecular weight excluding hydrogens is 206 g/mol. The number of nitrogens with one attached hydrogen (secondary N) is 1. The molecular formula is C12H15NO3. The van der Waals surface area contributed by atoms with E-state index in [4.69, 9.17) is 5.11 Å². The number of carbonyl (C=O) groups is 1. The van der Waals surface area contributed by atoms with Crippen LogP contribution in [0.15, 0.2) is 29.8 Å². The van der Waals surface area contributed by atoms with E-state index in [0.29, 0.717) is 6.54 Å². The molecule has 0 radical (unpaired) electrons. The largest absolute Gasteiger partial charge is 0.508 e. The molecule has 1 rings (SSSR count). The number of allylic oxidation sites excluding steroid dienone is 1. The third kappa shape index (κ3) is 3.31. The minimum Gasteiger partial charge on any atom is -0.508 e. The number of hydrogen-bond acceptors (Lipinski definition) is 3. The molecule has 0 atom stereocenters. The minimum absolute atomic E-state index is 0.0710. The molecule has 86 valence electrons. The fourth-order valence-electron chi connectivity index (χ4n) is 1.16. The van der Waals surface area contributed by atoms with Crippen molar-refractivity contribution in [2.75, 3.05) is 6.54 Å². The number of rotatable bonds is 3. The predicted octanol–water partition coefficient (Wildman–Crippen LogP) is 1.79. The molecule has 0 saturated carbocycles. The number of benzene rings is 1. The highest BCUT2D eigenvalue weighted by molar-refractivity contribution is 5.97. The second kappa shape index (κ2) is 5.21. The van der Waals surface area contributed by atoms with E-state index < -0.39 is 0 Å². The Hall–Kier alpha value is -1.97. The Kier molecular flexibility index (Phi) is 3.94. The molecule has 0 spiro atoms. The molecule has 1 aromatic rings. The Morgan fingerprint density at radius 3 is 2.62 bits per heavy atom. The minimum atomic E-state index is -0.366. The van der Waals surface area contributed by atoms with Crippen molar-refractivity contribution in [1.29, 1.82) is 0 Å². The van der Waals surface area contributed by atoms with Gasteiger partial charge in [-0.25, -0.2) is 0 Å². The number of hydrogen-bond donors (Lipinski definition) is 3. The van der Waals surface area contributed by atoms with Crippen LogP contribution < -0.4 is 5.32 Å². The fourth-order valence-corrected chi connectivity index (χ4v) is 1.16. The first-order chi connectivity index (χ1) is 7.50. The zero-order valence-electron chi connectivity index (χ0n) is 9.32. The Labute approximate surface area is 94.2 Å². The quantitative estimate of drug-likeness (QED) is 0.681. The molecule has 0 bridgehead atoms. The summed E-state index contributed by atoms with van der Waals surface area (Å²) in [6, 6.07) is 3.87. The Morgan fingerprint density at radius 1 is 1.38 bits per heavy atom. The highest BCUT2D eigenvalue weighted by Gasteiger charge is 2.10. The van der Waals surface area contributed by atoms with Crippen molar-refractivity contribution in [1.82, 2.24) is 5.32 Å². The van der Waals surface area contributed by atoms with E-state index in [1.807, 2.05) is 19.9 Å². The van der Waals surface area contributed by atoms with E-state index in [0.717, 1.165) is 11.6 Å². The van der Waals surface area contributed by atoms with E-state index >= 15 is 0 Å². The smallest absolute Gasteiger partial charge is 0.255 e. The van der Waals surface area contributed by atoms with E-state index in [1.165, 1.54) is 12.1 Å². The van der Waals surface area contributed by atoms with Crippen LogP contribution in [0, 0.1) is 0 Å². The molecule has 0 saturated heterocycles. The molecule has 0 aromatic heterocycles. The van der Waals surface area contributed by atoms with Gasteiger partial charge in [0.2, 0.25) is 0 Å². The van der Waals surface area contributed by atoms with Crippen molar-refractivity contribution < 1.29 is 15.0 Å². The average Bonchev–Trinajstić information content (AvgIpc) is 2.16. The van der Waals surface area contributed by atoms with Gasteiger partial charge in [-0.15, -0.1) is 0 Å². The summed E-state index contributed by atoms with van der Waals surface area (Å²) < 4.78 is 0. The Balaban J connectivity index is 2.70. The normalized spacial score (nSPS) is 9.62. The molecule has 0 aliphatic carbocycles. The lowest BCUT2D eigenvalue weighted by molar-refractivity contribution is 0.0955. The van der Waals surface area contributed by atoms with Gasteiger partial charge in [0.05, 0.1) is 5.56 Å². The lowest BCUT2D eigenvalue weighted by atomic mass is 10.2. The molecule has 4 heteroatoms. The highest BCUT2D eigenvalue weighted by atomic mass is 16.3. The summed E-state index contributed by atoms with van der Waals surface area (Å²) in [4.78, 5) is 11.6. The zero-order valence-corrected chi connectivity index (χ0v) is 9.32. The van der Waals surface area contributed by atoms with Crippen LogP contribution in [0.3, 0.4) is 0 Å². The first-order valence-corrected chi connectivity index (χ1v) is 4.94. The second-order valence-electron chi connectivity index (χ2n) is 3.69. The summed E-state index contributed by atoms with van der Waals surface area (Å²) in [5.41, 5.74) is 1.26. The molecule has 0 fully saturated rings. The van der Waals surface area contributed by atoms with Gasteiger partial charge in [-0.3, -0.25) is 4.79 Å². The maximum absolute atomic E-state index is 11.6. The van der Waals surface area contributed by atoms with Crippen LogP contribution in [0.4, 0.5) is 0 Å². The van der Waals surface area contributed by atoms with Gasteiger partial charge in [0.25, 0.3) is 5.91 Å². The molecule has 0 unspecified atom stereocenters. The van der Waals surface area contributed by atoms with Crippen molar-refractivity contribution in [3.05, 3.63) is 35.4 Å². The summed E-state index contributed by atoms with van der Waals surface area (Å²) in [5, 5.41) is 21.1. The lowest BCUT2D eigenvalue weighted by Crippen LogP contribution is -2.23. The molecule has 3 N–H and O–H groups in total. The second-order valence-corrected chi connectivity index (χ2v) is 3.69. The Morgan fingerprint density at radius 2 is 2.06 bits per heavy atom. The van der Waals surface area contributed by atoms with E-state index in [1.54, 1.807) is 0 Å². The fraction of sp³-hybridized carbons (Fsp3) is 0.250. The number of amides is 1. The van der Waals surface area contributed by atoms with Crippen LogP contribution in [-0.2, 0) is 0 Å². The third-order valence-electron chi connectivity index (χ3n) is 2.00. The number of phenols is 2. The Bertz CT molecular complexity index is 420. The van der Waals surface area contributed by atoms with E-state index in [2.05, 4.69) is 5.32 Å². The molecule has 16 heavy (non-hydrogen) atoms. The van der Waals surface area contributed by atoms with Gasteiger partial charge >= 0.3 is 0 Å². The summed E-state index contributed by atoms with van der Waals surface area (Å²) in [5.74, 6) is -0.664. The van der Waals surface area contributed by atoms with Crippen LogP contribution in [-0.4, -0.2) is 22.7 Å². The SMILES string of the molecule is CC(C)=CCNC(=O)c1ccc(O)cc1O. The maximum atomic E-state index is 11.6. The van der Waals surface area contributed by atoms with Gasteiger partial charge in [-0.2, -0.15) is 0 Å². The average molecular weight is 221 g/mol. The monoisotopic (exact) mass is 221 g/mol. The predicted molar refractivity (Wildman–Crippen MR) is 61.5 cm³/mol. The number of aromatic hydroxyl groups is 2. The number of phenolic OH excluding ortho intramolecular Hbond substituents is 2.